The lowest BCUT2D eigenvalue weighted by Gasteiger charge is -2.03. The van der Waals surface area contributed by atoms with Gasteiger partial charge >= 0.3 is 0 Å². The van der Waals surface area contributed by atoms with E-state index in [-0.39, 0.29) is 0 Å². The number of thiazole rings is 1. The minimum atomic E-state index is 0.390. The topological polar surface area (TPSA) is 43.6 Å². The minimum absolute atomic E-state index is 0.390. The normalized spacial score (nSPS) is 10.7. The van der Waals surface area contributed by atoms with Crippen LogP contribution in [0.1, 0.15) is 16.1 Å². The summed E-state index contributed by atoms with van der Waals surface area (Å²) < 4.78 is 7.33. The summed E-state index contributed by atoms with van der Waals surface area (Å²) in [6, 6.07) is 9.79. The van der Waals surface area contributed by atoms with E-state index in [4.69, 9.17) is 4.74 Å². The molecule has 3 rings (SSSR count). The van der Waals surface area contributed by atoms with Crippen LogP contribution < -0.4 is 4.74 Å². The summed E-state index contributed by atoms with van der Waals surface area (Å²) >= 11 is 1.47. The molecule has 4 nitrogen and oxygen atoms in total. The summed E-state index contributed by atoms with van der Waals surface area (Å²) in [5, 5.41) is 1.89. The zero-order valence-electron chi connectivity index (χ0n) is 9.45. The highest BCUT2D eigenvalue weighted by Gasteiger charge is 2.13. The SMILES string of the molecule is O=Cc1c(OCc2ccccc2)nc2sccn12. The molecule has 0 atom stereocenters. The van der Waals surface area contributed by atoms with Crippen LogP contribution in [0.4, 0.5) is 0 Å². The average Bonchev–Trinajstić information content (AvgIpc) is 2.97. The Morgan fingerprint density at radius 3 is 2.94 bits per heavy atom. The van der Waals surface area contributed by atoms with Gasteiger partial charge in [0, 0.05) is 11.6 Å². The quantitative estimate of drug-likeness (QED) is 0.676. The van der Waals surface area contributed by atoms with Gasteiger partial charge in [-0.3, -0.25) is 9.20 Å². The standard InChI is InChI=1S/C13H10N2O2S/c16-8-11-12(14-13-15(11)6-7-18-13)17-9-10-4-2-1-3-5-10/h1-8H,9H2. The van der Waals surface area contributed by atoms with E-state index in [2.05, 4.69) is 4.98 Å². The van der Waals surface area contributed by atoms with Crippen molar-refractivity contribution < 1.29 is 9.53 Å². The van der Waals surface area contributed by atoms with Crippen LogP contribution >= 0.6 is 11.3 Å². The third-order valence-electron chi connectivity index (χ3n) is 2.60. The van der Waals surface area contributed by atoms with Crippen molar-refractivity contribution in [3.05, 3.63) is 53.2 Å². The summed E-state index contributed by atoms with van der Waals surface area (Å²) in [7, 11) is 0. The number of nitrogens with zero attached hydrogens (tertiary/aromatic N) is 2. The Bertz CT molecular complexity index is 673. The van der Waals surface area contributed by atoms with Crippen molar-refractivity contribution in [2.24, 2.45) is 0 Å². The predicted molar refractivity (Wildman–Crippen MR) is 69.2 cm³/mol. The summed E-state index contributed by atoms with van der Waals surface area (Å²) in [6.45, 7) is 0.409. The lowest BCUT2D eigenvalue weighted by molar-refractivity contribution is 0.111. The van der Waals surface area contributed by atoms with Crippen molar-refractivity contribution in [1.29, 1.82) is 0 Å². The van der Waals surface area contributed by atoms with Gasteiger partial charge in [-0.05, 0) is 5.56 Å². The molecule has 90 valence electrons. The van der Waals surface area contributed by atoms with Gasteiger partial charge in [-0.25, -0.2) is 0 Å². The third kappa shape index (κ3) is 1.89. The second kappa shape index (κ2) is 4.62. The highest BCUT2D eigenvalue weighted by atomic mass is 32.1. The van der Waals surface area contributed by atoms with E-state index < -0.39 is 0 Å². The molecule has 0 N–H and O–H groups in total. The van der Waals surface area contributed by atoms with Gasteiger partial charge in [-0.15, -0.1) is 11.3 Å². The van der Waals surface area contributed by atoms with Crippen LogP contribution in [0, 0.1) is 0 Å². The number of fused-ring (bicyclic) bond motifs is 1. The molecule has 2 heterocycles. The second-order valence-corrected chi connectivity index (χ2v) is 4.62. The Labute approximate surface area is 107 Å². The van der Waals surface area contributed by atoms with Gasteiger partial charge in [0.15, 0.2) is 16.9 Å². The molecule has 2 aromatic heterocycles. The Kier molecular flexibility index (Phi) is 2.82. The summed E-state index contributed by atoms with van der Waals surface area (Å²) in [6.07, 6.45) is 2.58. The third-order valence-corrected chi connectivity index (χ3v) is 3.35. The van der Waals surface area contributed by atoms with E-state index in [0.29, 0.717) is 18.2 Å². The number of benzene rings is 1. The fourth-order valence-corrected chi connectivity index (χ4v) is 2.44. The molecule has 0 unspecified atom stereocenters. The molecule has 0 bridgehead atoms. The van der Waals surface area contributed by atoms with Crippen LogP contribution in [-0.2, 0) is 6.61 Å². The van der Waals surface area contributed by atoms with Crippen molar-refractivity contribution in [2.75, 3.05) is 0 Å². The Morgan fingerprint density at radius 2 is 2.17 bits per heavy atom. The summed E-state index contributed by atoms with van der Waals surface area (Å²) in [5.74, 6) is 0.390. The molecule has 0 fully saturated rings. The van der Waals surface area contributed by atoms with E-state index in [1.807, 2.05) is 41.9 Å². The van der Waals surface area contributed by atoms with Crippen molar-refractivity contribution in [1.82, 2.24) is 9.38 Å². The molecular weight excluding hydrogens is 248 g/mol. The highest BCUT2D eigenvalue weighted by molar-refractivity contribution is 7.15. The van der Waals surface area contributed by atoms with Gasteiger partial charge in [-0.1, -0.05) is 30.3 Å². The monoisotopic (exact) mass is 258 g/mol. The van der Waals surface area contributed by atoms with E-state index >= 15 is 0 Å². The van der Waals surface area contributed by atoms with Crippen LogP contribution in [-0.4, -0.2) is 15.7 Å². The van der Waals surface area contributed by atoms with Gasteiger partial charge in [0.2, 0.25) is 5.88 Å². The molecule has 1 aromatic carbocycles. The zero-order valence-corrected chi connectivity index (χ0v) is 10.3. The van der Waals surface area contributed by atoms with E-state index in [0.717, 1.165) is 16.8 Å². The molecule has 0 saturated heterocycles. The van der Waals surface area contributed by atoms with Crippen molar-refractivity contribution in [2.45, 2.75) is 6.61 Å². The number of aldehydes is 1. The summed E-state index contributed by atoms with van der Waals surface area (Å²) in [5.41, 5.74) is 1.51. The van der Waals surface area contributed by atoms with Crippen LogP contribution in [0.3, 0.4) is 0 Å². The molecule has 0 aliphatic heterocycles. The zero-order chi connectivity index (χ0) is 12.4. The van der Waals surface area contributed by atoms with Crippen molar-refractivity contribution >= 4 is 22.6 Å². The Balaban J connectivity index is 1.86. The fraction of sp³-hybridized carbons (Fsp3) is 0.0769. The second-order valence-electron chi connectivity index (χ2n) is 3.75. The number of aromatic nitrogens is 2. The number of carbonyl (C=O) groups is 1. The maximum absolute atomic E-state index is 11.1. The predicted octanol–water partition coefficient (Wildman–Crippen LogP) is 2.79. The Hall–Kier alpha value is -2.14. The molecule has 0 spiro atoms. The molecule has 0 amide bonds. The van der Waals surface area contributed by atoms with Gasteiger partial charge in [-0.2, -0.15) is 4.98 Å². The van der Waals surface area contributed by atoms with Gasteiger partial charge < -0.3 is 4.74 Å². The smallest absolute Gasteiger partial charge is 0.244 e. The van der Waals surface area contributed by atoms with Crippen LogP contribution in [0.25, 0.3) is 4.96 Å². The molecule has 5 heteroatoms. The van der Waals surface area contributed by atoms with Crippen LogP contribution in [0.15, 0.2) is 41.9 Å². The average molecular weight is 258 g/mol. The lowest BCUT2D eigenvalue weighted by atomic mass is 10.2. The number of hydrogen-bond acceptors (Lipinski definition) is 4. The first-order valence-electron chi connectivity index (χ1n) is 5.46. The molecular formula is C13H10N2O2S. The van der Waals surface area contributed by atoms with Crippen LogP contribution in [0.5, 0.6) is 5.88 Å². The molecule has 0 saturated carbocycles. The van der Waals surface area contributed by atoms with E-state index in [1.165, 1.54) is 11.3 Å². The van der Waals surface area contributed by atoms with Crippen molar-refractivity contribution in [3.63, 3.8) is 0 Å². The van der Waals surface area contributed by atoms with Crippen molar-refractivity contribution in [3.8, 4) is 5.88 Å². The molecule has 0 aliphatic rings. The molecule has 0 aliphatic carbocycles. The fourth-order valence-electron chi connectivity index (χ4n) is 1.72. The maximum atomic E-state index is 11.1. The lowest BCUT2D eigenvalue weighted by Crippen LogP contribution is -1.98. The molecule has 3 aromatic rings. The highest BCUT2D eigenvalue weighted by Crippen LogP contribution is 2.22. The number of carbonyl (C=O) groups excluding carboxylic acids is 1. The largest absolute Gasteiger partial charge is 0.471 e. The van der Waals surface area contributed by atoms with Gasteiger partial charge in [0.1, 0.15) is 6.61 Å². The number of rotatable bonds is 4. The molecule has 18 heavy (non-hydrogen) atoms. The van der Waals surface area contributed by atoms with Gasteiger partial charge in [0.25, 0.3) is 0 Å². The first kappa shape index (κ1) is 11.0. The minimum Gasteiger partial charge on any atom is -0.471 e. The maximum Gasteiger partial charge on any atom is 0.244 e. The van der Waals surface area contributed by atoms with Gasteiger partial charge in [0.05, 0.1) is 0 Å². The van der Waals surface area contributed by atoms with E-state index in [1.54, 1.807) is 4.40 Å². The Morgan fingerprint density at radius 1 is 1.33 bits per heavy atom. The van der Waals surface area contributed by atoms with E-state index in [9.17, 15) is 4.79 Å². The molecule has 0 radical (unpaired) electrons. The first-order valence-corrected chi connectivity index (χ1v) is 6.34. The number of ether oxygens (including phenoxy) is 1. The number of imidazole rings is 1. The van der Waals surface area contributed by atoms with Crippen LogP contribution in [0.2, 0.25) is 0 Å². The summed E-state index contributed by atoms with van der Waals surface area (Å²) in [4.78, 5) is 16.1. The first-order chi connectivity index (χ1) is 8.88. The number of hydrogen-bond donors (Lipinski definition) is 0.